The summed E-state index contributed by atoms with van der Waals surface area (Å²) in [4.78, 5) is 11.0. The van der Waals surface area contributed by atoms with Crippen LogP contribution < -0.4 is 5.73 Å². The van der Waals surface area contributed by atoms with Crippen LogP contribution in [0.25, 0.3) is 0 Å². The van der Waals surface area contributed by atoms with Gasteiger partial charge in [0.15, 0.2) is 11.6 Å². The number of nitrogens with two attached hydrogens (primary N) is 1. The van der Waals surface area contributed by atoms with Crippen LogP contribution >= 0.6 is 0 Å². The zero-order chi connectivity index (χ0) is 11.6. The SMILES string of the molecule is CCOC(=O)c1cc(F)c(N)c(F)c1F. The van der Waals surface area contributed by atoms with Crippen molar-refractivity contribution in [1.29, 1.82) is 0 Å². The third-order valence-electron chi connectivity index (χ3n) is 1.69. The third kappa shape index (κ3) is 2.03. The van der Waals surface area contributed by atoms with E-state index in [0.29, 0.717) is 6.07 Å². The van der Waals surface area contributed by atoms with Gasteiger partial charge in [-0.2, -0.15) is 0 Å². The third-order valence-corrected chi connectivity index (χ3v) is 1.69. The van der Waals surface area contributed by atoms with Gasteiger partial charge >= 0.3 is 5.97 Å². The molecule has 1 rings (SSSR count). The Morgan fingerprint density at radius 1 is 1.40 bits per heavy atom. The molecule has 0 amide bonds. The first-order valence-electron chi connectivity index (χ1n) is 4.09. The van der Waals surface area contributed by atoms with Gasteiger partial charge in [-0.25, -0.2) is 18.0 Å². The second kappa shape index (κ2) is 4.20. The number of nitrogen functional groups attached to an aromatic ring is 1. The molecule has 2 N–H and O–H groups in total. The van der Waals surface area contributed by atoms with Gasteiger partial charge in [0, 0.05) is 0 Å². The minimum atomic E-state index is -1.59. The highest BCUT2D eigenvalue weighted by atomic mass is 19.2. The summed E-state index contributed by atoms with van der Waals surface area (Å²) in [6.07, 6.45) is 0. The summed E-state index contributed by atoms with van der Waals surface area (Å²) in [6.45, 7) is 1.46. The molecule has 0 aliphatic rings. The Bertz CT molecular complexity index is 407. The number of ether oxygens (including phenoxy) is 1. The predicted molar refractivity (Wildman–Crippen MR) is 46.7 cm³/mol. The molecule has 0 aromatic heterocycles. The van der Waals surface area contributed by atoms with Crippen molar-refractivity contribution in [1.82, 2.24) is 0 Å². The summed E-state index contributed by atoms with van der Waals surface area (Å²) < 4.78 is 43.3. The van der Waals surface area contributed by atoms with Crippen LogP contribution in [0.5, 0.6) is 0 Å². The Kier molecular flexibility index (Phi) is 3.18. The van der Waals surface area contributed by atoms with E-state index < -0.39 is 34.7 Å². The average molecular weight is 219 g/mol. The molecule has 0 saturated carbocycles. The zero-order valence-corrected chi connectivity index (χ0v) is 7.81. The smallest absolute Gasteiger partial charge is 0.341 e. The Morgan fingerprint density at radius 3 is 2.53 bits per heavy atom. The lowest BCUT2D eigenvalue weighted by Crippen LogP contribution is -2.11. The van der Waals surface area contributed by atoms with Crippen molar-refractivity contribution < 1.29 is 22.7 Å². The Labute approximate surface area is 83.6 Å². The van der Waals surface area contributed by atoms with Crippen molar-refractivity contribution in [3.8, 4) is 0 Å². The highest BCUT2D eigenvalue weighted by molar-refractivity contribution is 5.90. The van der Waals surface area contributed by atoms with Gasteiger partial charge in [0.1, 0.15) is 17.1 Å². The van der Waals surface area contributed by atoms with E-state index in [1.165, 1.54) is 6.92 Å². The largest absolute Gasteiger partial charge is 0.462 e. The number of hydrogen-bond acceptors (Lipinski definition) is 3. The summed E-state index contributed by atoms with van der Waals surface area (Å²) in [6, 6.07) is 0.506. The van der Waals surface area contributed by atoms with Crippen molar-refractivity contribution in [2.24, 2.45) is 0 Å². The van der Waals surface area contributed by atoms with E-state index in [1.807, 2.05) is 0 Å². The maximum absolute atomic E-state index is 13.1. The number of anilines is 1. The van der Waals surface area contributed by atoms with Crippen LogP contribution in [0.3, 0.4) is 0 Å². The van der Waals surface area contributed by atoms with E-state index in [9.17, 15) is 18.0 Å². The quantitative estimate of drug-likeness (QED) is 0.469. The Hall–Kier alpha value is -1.72. The van der Waals surface area contributed by atoms with Crippen molar-refractivity contribution >= 4 is 11.7 Å². The fourth-order valence-electron chi connectivity index (χ4n) is 0.967. The Morgan fingerprint density at radius 2 is 2.00 bits per heavy atom. The van der Waals surface area contributed by atoms with Crippen molar-refractivity contribution in [2.45, 2.75) is 6.92 Å². The zero-order valence-electron chi connectivity index (χ0n) is 7.81. The lowest BCUT2D eigenvalue weighted by atomic mass is 10.1. The van der Waals surface area contributed by atoms with Crippen LogP contribution in [0.4, 0.5) is 18.9 Å². The number of carbonyl (C=O) groups is 1. The lowest BCUT2D eigenvalue weighted by Gasteiger charge is -2.06. The van der Waals surface area contributed by atoms with Gasteiger partial charge in [-0.05, 0) is 13.0 Å². The number of hydrogen-bond donors (Lipinski definition) is 1. The summed E-state index contributed by atoms with van der Waals surface area (Å²) in [5.41, 5.74) is 3.12. The van der Waals surface area contributed by atoms with E-state index in [4.69, 9.17) is 5.73 Å². The maximum atomic E-state index is 13.1. The molecule has 0 radical (unpaired) electrons. The van der Waals surface area contributed by atoms with E-state index in [2.05, 4.69) is 4.74 Å². The van der Waals surface area contributed by atoms with Crippen LogP contribution in [0.1, 0.15) is 17.3 Å². The molecule has 15 heavy (non-hydrogen) atoms. The summed E-state index contributed by atoms with van der Waals surface area (Å²) in [5.74, 6) is -5.42. The highest BCUT2D eigenvalue weighted by Gasteiger charge is 2.21. The number of esters is 1. The van der Waals surface area contributed by atoms with Gasteiger partial charge in [0.25, 0.3) is 0 Å². The lowest BCUT2D eigenvalue weighted by molar-refractivity contribution is 0.0519. The summed E-state index contributed by atoms with van der Waals surface area (Å²) in [7, 11) is 0. The van der Waals surface area contributed by atoms with Gasteiger partial charge < -0.3 is 10.5 Å². The number of carbonyl (C=O) groups excluding carboxylic acids is 1. The molecular formula is C9H8F3NO2. The highest BCUT2D eigenvalue weighted by Crippen LogP contribution is 2.22. The van der Waals surface area contributed by atoms with Gasteiger partial charge in [-0.3, -0.25) is 0 Å². The first kappa shape index (κ1) is 11.4. The van der Waals surface area contributed by atoms with E-state index in [1.54, 1.807) is 0 Å². The number of benzene rings is 1. The molecule has 0 saturated heterocycles. The first-order valence-corrected chi connectivity index (χ1v) is 4.09. The van der Waals surface area contributed by atoms with Gasteiger partial charge in [-0.15, -0.1) is 0 Å². The molecule has 0 unspecified atom stereocenters. The van der Waals surface area contributed by atoms with E-state index in [0.717, 1.165) is 0 Å². The number of halogens is 3. The van der Waals surface area contributed by atoms with E-state index >= 15 is 0 Å². The Balaban J connectivity index is 3.26. The van der Waals surface area contributed by atoms with Crippen molar-refractivity contribution in [3.63, 3.8) is 0 Å². The summed E-state index contributed by atoms with van der Waals surface area (Å²) >= 11 is 0. The molecule has 0 atom stereocenters. The first-order chi connectivity index (χ1) is 6.99. The maximum Gasteiger partial charge on any atom is 0.341 e. The number of rotatable bonds is 2. The minimum Gasteiger partial charge on any atom is -0.462 e. The van der Waals surface area contributed by atoms with E-state index in [-0.39, 0.29) is 6.61 Å². The molecule has 0 spiro atoms. The fraction of sp³-hybridized carbons (Fsp3) is 0.222. The van der Waals surface area contributed by atoms with Crippen molar-refractivity contribution in [3.05, 3.63) is 29.1 Å². The molecular weight excluding hydrogens is 211 g/mol. The molecule has 3 nitrogen and oxygen atoms in total. The summed E-state index contributed by atoms with van der Waals surface area (Å²) in [5, 5.41) is 0. The molecule has 6 heteroatoms. The van der Waals surface area contributed by atoms with Gasteiger partial charge in [-0.1, -0.05) is 0 Å². The molecule has 0 aliphatic carbocycles. The second-order valence-electron chi connectivity index (χ2n) is 2.67. The molecule has 0 aliphatic heterocycles. The van der Waals surface area contributed by atoms with Crippen LogP contribution in [-0.4, -0.2) is 12.6 Å². The molecule has 0 heterocycles. The van der Waals surface area contributed by atoms with Gasteiger partial charge in [0.05, 0.1) is 6.61 Å². The fourth-order valence-corrected chi connectivity index (χ4v) is 0.967. The molecule has 1 aromatic carbocycles. The molecule has 82 valence electrons. The van der Waals surface area contributed by atoms with Crippen LogP contribution in [0, 0.1) is 17.5 Å². The van der Waals surface area contributed by atoms with Gasteiger partial charge in [0.2, 0.25) is 0 Å². The standard InChI is InChI=1S/C9H8F3NO2/c1-2-15-9(14)4-3-5(10)8(13)7(12)6(4)11/h3H,2,13H2,1H3. The topological polar surface area (TPSA) is 52.3 Å². The van der Waals surface area contributed by atoms with Crippen LogP contribution in [0.15, 0.2) is 6.07 Å². The monoisotopic (exact) mass is 219 g/mol. The molecule has 0 fully saturated rings. The second-order valence-corrected chi connectivity index (χ2v) is 2.67. The average Bonchev–Trinajstić information content (AvgIpc) is 2.20. The molecule has 0 bridgehead atoms. The van der Waals surface area contributed by atoms with Crippen molar-refractivity contribution in [2.75, 3.05) is 12.3 Å². The molecule has 1 aromatic rings. The normalized spacial score (nSPS) is 10.1. The van der Waals surface area contributed by atoms with Crippen LogP contribution in [-0.2, 0) is 4.74 Å². The van der Waals surface area contributed by atoms with Crippen LogP contribution in [0.2, 0.25) is 0 Å². The minimum absolute atomic E-state index is 0.0219. The predicted octanol–water partition coefficient (Wildman–Crippen LogP) is 1.86.